The van der Waals surface area contributed by atoms with Crippen LogP contribution >= 0.6 is 27.5 Å². The molecular weight excluding hydrogens is 481 g/mol. The van der Waals surface area contributed by atoms with Crippen molar-refractivity contribution in [2.75, 3.05) is 11.9 Å². The SMILES string of the molecule is CC1C(OCC(F)(F)F)=NN(C2CC2)C1C(=O)Nc1c(Br)cc(Cl)cc1C(N)=O. The van der Waals surface area contributed by atoms with Crippen LogP contribution in [0.3, 0.4) is 0 Å². The number of primary amides is 1. The maximum atomic E-state index is 13.0. The number of anilines is 1. The van der Waals surface area contributed by atoms with Crippen LogP contribution in [0.15, 0.2) is 21.7 Å². The molecule has 1 saturated carbocycles. The Labute approximate surface area is 177 Å². The van der Waals surface area contributed by atoms with Gasteiger partial charge < -0.3 is 15.8 Å². The Morgan fingerprint density at radius 2 is 2.07 bits per heavy atom. The normalized spacial score (nSPS) is 21.7. The Balaban J connectivity index is 1.83. The largest absolute Gasteiger partial charge is 0.470 e. The van der Waals surface area contributed by atoms with Gasteiger partial charge in [-0.3, -0.25) is 14.6 Å². The van der Waals surface area contributed by atoms with Gasteiger partial charge in [-0.15, -0.1) is 5.10 Å². The van der Waals surface area contributed by atoms with Gasteiger partial charge in [0.2, 0.25) is 11.8 Å². The molecule has 3 rings (SSSR count). The number of nitrogens with one attached hydrogen (secondary N) is 1. The molecule has 7 nitrogen and oxygen atoms in total. The minimum absolute atomic E-state index is 0.00388. The van der Waals surface area contributed by atoms with Gasteiger partial charge in [0.15, 0.2) is 6.61 Å². The lowest BCUT2D eigenvalue weighted by Crippen LogP contribution is -2.44. The molecule has 2 aliphatic rings. The lowest BCUT2D eigenvalue weighted by molar-refractivity contribution is -0.156. The van der Waals surface area contributed by atoms with Crippen LogP contribution in [0.5, 0.6) is 0 Å². The maximum absolute atomic E-state index is 13.0. The van der Waals surface area contributed by atoms with Crippen molar-refractivity contribution in [2.45, 2.75) is 38.0 Å². The van der Waals surface area contributed by atoms with Gasteiger partial charge in [-0.05, 0) is 40.9 Å². The summed E-state index contributed by atoms with van der Waals surface area (Å²) in [5, 5.41) is 8.45. The summed E-state index contributed by atoms with van der Waals surface area (Å²) in [4.78, 5) is 24.8. The number of alkyl halides is 3. The molecule has 0 saturated heterocycles. The first kappa shape index (κ1) is 21.7. The van der Waals surface area contributed by atoms with E-state index in [1.165, 1.54) is 17.1 Å². The van der Waals surface area contributed by atoms with E-state index in [0.717, 1.165) is 12.8 Å². The van der Waals surface area contributed by atoms with Gasteiger partial charge in [0.1, 0.15) is 6.04 Å². The van der Waals surface area contributed by atoms with Gasteiger partial charge in [-0.25, -0.2) is 0 Å². The van der Waals surface area contributed by atoms with Gasteiger partial charge in [0.25, 0.3) is 5.91 Å². The van der Waals surface area contributed by atoms with Crippen molar-refractivity contribution in [1.29, 1.82) is 0 Å². The zero-order valence-electron chi connectivity index (χ0n) is 15.1. The summed E-state index contributed by atoms with van der Waals surface area (Å²) < 4.78 is 42.7. The summed E-state index contributed by atoms with van der Waals surface area (Å²) in [5.41, 5.74) is 5.49. The molecule has 1 fully saturated rings. The van der Waals surface area contributed by atoms with E-state index in [4.69, 9.17) is 22.1 Å². The predicted molar refractivity (Wildman–Crippen MR) is 104 cm³/mol. The van der Waals surface area contributed by atoms with E-state index in [1.807, 2.05) is 0 Å². The number of hydrogen-bond acceptors (Lipinski definition) is 5. The fourth-order valence-corrected chi connectivity index (χ4v) is 3.94. The van der Waals surface area contributed by atoms with Crippen LogP contribution in [-0.2, 0) is 9.53 Å². The van der Waals surface area contributed by atoms with E-state index in [1.54, 1.807) is 6.92 Å². The van der Waals surface area contributed by atoms with Crippen LogP contribution in [-0.4, -0.2) is 47.6 Å². The summed E-state index contributed by atoms with van der Waals surface area (Å²) >= 11 is 9.17. The molecule has 3 N–H and O–H groups in total. The number of hydrogen-bond donors (Lipinski definition) is 2. The highest BCUT2D eigenvalue weighted by atomic mass is 79.9. The van der Waals surface area contributed by atoms with Crippen LogP contribution in [0.2, 0.25) is 5.02 Å². The smallest absolute Gasteiger partial charge is 0.422 e. The van der Waals surface area contributed by atoms with E-state index in [9.17, 15) is 22.8 Å². The predicted octanol–water partition coefficient (Wildman–Crippen LogP) is 3.52. The minimum atomic E-state index is -4.52. The highest BCUT2D eigenvalue weighted by Crippen LogP contribution is 2.37. The first-order valence-corrected chi connectivity index (χ1v) is 9.81. The Bertz CT molecular complexity index is 876. The first-order valence-electron chi connectivity index (χ1n) is 8.64. The second-order valence-electron chi connectivity index (χ2n) is 6.85. The fourth-order valence-electron chi connectivity index (χ4n) is 3.03. The van der Waals surface area contributed by atoms with E-state index in [2.05, 4.69) is 26.3 Å². The van der Waals surface area contributed by atoms with Gasteiger partial charge >= 0.3 is 6.18 Å². The molecule has 2 unspecified atom stereocenters. The second-order valence-corrected chi connectivity index (χ2v) is 8.14. The van der Waals surface area contributed by atoms with Crippen molar-refractivity contribution in [3.63, 3.8) is 0 Å². The van der Waals surface area contributed by atoms with Crippen LogP contribution < -0.4 is 11.1 Å². The van der Waals surface area contributed by atoms with Gasteiger partial charge in [-0.1, -0.05) is 18.5 Å². The summed E-state index contributed by atoms with van der Waals surface area (Å²) in [5.74, 6) is -2.22. The van der Waals surface area contributed by atoms with Crippen molar-refractivity contribution in [3.8, 4) is 0 Å². The van der Waals surface area contributed by atoms with E-state index in [0.29, 0.717) is 4.47 Å². The summed E-state index contributed by atoms with van der Waals surface area (Å²) in [6, 6.07) is 1.85. The van der Waals surface area contributed by atoms with Crippen LogP contribution in [0, 0.1) is 5.92 Å². The van der Waals surface area contributed by atoms with Gasteiger partial charge in [0.05, 0.1) is 17.2 Å². The molecule has 1 aromatic carbocycles. The molecular formula is C17H17BrClF3N4O3. The fraction of sp³-hybridized carbons (Fsp3) is 0.471. The molecule has 158 valence electrons. The van der Waals surface area contributed by atoms with Crippen molar-refractivity contribution >= 4 is 50.9 Å². The third kappa shape index (κ3) is 4.95. The average Bonchev–Trinajstić information content (AvgIpc) is 3.38. The third-order valence-corrected chi connectivity index (χ3v) is 5.35. The lowest BCUT2D eigenvalue weighted by atomic mass is 10.0. The highest BCUT2D eigenvalue weighted by Gasteiger charge is 2.47. The number of nitrogens with zero attached hydrogens (tertiary/aromatic N) is 2. The van der Waals surface area contributed by atoms with Crippen LogP contribution in [0.1, 0.15) is 30.1 Å². The average molecular weight is 498 g/mol. The molecule has 0 radical (unpaired) electrons. The minimum Gasteiger partial charge on any atom is -0.470 e. The number of amides is 2. The van der Waals surface area contributed by atoms with Crippen LogP contribution in [0.4, 0.5) is 18.9 Å². The van der Waals surface area contributed by atoms with Crippen molar-refractivity contribution in [3.05, 3.63) is 27.2 Å². The number of rotatable bonds is 5. The molecule has 0 aromatic heterocycles. The van der Waals surface area contributed by atoms with Crippen molar-refractivity contribution in [1.82, 2.24) is 5.01 Å². The second kappa shape index (κ2) is 8.02. The Kier molecular flexibility index (Phi) is 6.00. The highest BCUT2D eigenvalue weighted by molar-refractivity contribution is 9.10. The number of nitrogens with two attached hydrogens (primary N) is 1. The topological polar surface area (TPSA) is 97.0 Å². The molecule has 0 spiro atoms. The maximum Gasteiger partial charge on any atom is 0.422 e. The summed E-state index contributed by atoms with van der Waals surface area (Å²) in [6.07, 6.45) is -2.98. The Hall–Kier alpha value is -2.01. The lowest BCUT2D eigenvalue weighted by Gasteiger charge is -2.25. The summed E-state index contributed by atoms with van der Waals surface area (Å²) in [7, 11) is 0. The van der Waals surface area contributed by atoms with Crippen molar-refractivity contribution < 1.29 is 27.5 Å². The Morgan fingerprint density at radius 3 is 2.62 bits per heavy atom. The molecule has 0 bridgehead atoms. The number of ether oxygens (including phenoxy) is 1. The number of halogens is 5. The van der Waals surface area contributed by atoms with Gasteiger partial charge in [0, 0.05) is 15.5 Å². The molecule has 1 aromatic rings. The Morgan fingerprint density at radius 1 is 1.41 bits per heavy atom. The standard InChI is InChI=1S/C17H17BrClF3N4O3/c1-7-13(26(9-2-3-9)25-16(7)29-6-17(20,21)22)15(28)24-12-10(14(23)27)4-8(19)5-11(12)18/h4-5,7,9,13H,2-3,6H2,1H3,(H2,23,27)(H,24,28). The molecule has 1 aliphatic carbocycles. The molecule has 1 aliphatic heterocycles. The monoisotopic (exact) mass is 496 g/mol. The summed E-state index contributed by atoms with van der Waals surface area (Å²) in [6.45, 7) is 0.0747. The van der Waals surface area contributed by atoms with Crippen LogP contribution in [0.25, 0.3) is 0 Å². The zero-order chi connectivity index (χ0) is 21.5. The molecule has 12 heteroatoms. The van der Waals surface area contributed by atoms with E-state index in [-0.39, 0.29) is 28.2 Å². The number of benzene rings is 1. The number of carbonyl (C=O) groups is 2. The van der Waals surface area contributed by atoms with E-state index < -0.39 is 36.6 Å². The molecule has 2 atom stereocenters. The zero-order valence-corrected chi connectivity index (χ0v) is 17.4. The van der Waals surface area contributed by atoms with Gasteiger partial charge in [-0.2, -0.15) is 13.2 Å². The third-order valence-electron chi connectivity index (χ3n) is 4.50. The first-order chi connectivity index (χ1) is 13.5. The molecule has 2 amide bonds. The van der Waals surface area contributed by atoms with E-state index >= 15 is 0 Å². The number of hydrazone groups is 1. The number of carbonyl (C=O) groups excluding carboxylic acids is 2. The molecule has 29 heavy (non-hydrogen) atoms. The quantitative estimate of drug-likeness (QED) is 0.651. The molecule has 1 heterocycles. The van der Waals surface area contributed by atoms with Crippen molar-refractivity contribution in [2.24, 2.45) is 16.8 Å².